The van der Waals surface area contributed by atoms with E-state index in [-0.39, 0.29) is 6.10 Å². The molecule has 1 aliphatic heterocycles. The first-order valence-electron chi connectivity index (χ1n) is 5.75. The first-order valence-corrected chi connectivity index (χ1v) is 5.75. The molecule has 0 spiro atoms. The summed E-state index contributed by atoms with van der Waals surface area (Å²) in [6.45, 7) is 3.71. The summed E-state index contributed by atoms with van der Waals surface area (Å²) in [4.78, 5) is 0. The molecule has 0 radical (unpaired) electrons. The highest BCUT2D eigenvalue weighted by atomic mass is 16.5. The highest BCUT2D eigenvalue weighted by Crippen LogP contribution is 2.31. The van der Waals surface area contributed by atoms with E-state index < -0.39 is 0 Å². The molecule has 2 rings (SSSR count). The van der Waals surface area contributed by atoms with Crippen molar-refractivity contribution in [2.45, 2.75) is 18.9 Å². The third-order valence-corrected chi connectivity index (χ3v) is 3.42. The van der Waals surface area contributed by atoms with Gasteiger partial charge in [-0.2, -0.15) is 0 Å². The molecule has 3 heteroatoms. The van der Waals surface area contributed by atoms with Gasteiger partial charge in [0.05, 0.1) is 13.2 Å². The molecule has 0 aliphatic carbocycles. The van der Waals surface area contributed by atoms with Crippen LogP contribution < -0.4 is 10.1 Å². The standard InChI is InChI=1S/C13H19NO2/c1-9(15)12-7-14-8-13(12)10-3-5-11(16-2)6-4-10/h3-6,9,12-15H,7-8H2,1-2H3. The molecular formula is C13H19NO2. The quantitative estimate of drug-likeness (QED) is 0.810. The first kappa shape index (κ1) is 11.4. The normalized spacial score (nSPS) is 26.7. The second-order valence-corrected chi connectivity index (χ2v) is 4.44. The second-order valence-electron chi connectivity index (χ2n) is 4.44. The average Bonchev–Trinajstić information content (AvgIpc) is 2.78. The molecule has 0 bridgehead atoms. The van der Waals surface area contributed by atoms with Crippen molar-refractivity contribution in [2.24, 2.45) is 5.92 Å². The number of methoxy groups -OCH3 is 1. The van der Waals surface area contributed by atoms with Crippen molar-refractivity contribution >= 4 is 0 Å². The van der Waals surface area contributed by atoms with E-state index in [0.717, 1.165) is 18.8 Å². The van der Waals surface area contributed by atoms with Gasteiger partial charge in [-0.25, -0.2) is 0 Å². The summed E-state index contributed by atoms with van der Waals surface area (Å²) >= 11 is 0. The van der Waals surface area contributed by atoms with E-state index in [0.29, 0.717) is 11.8 Å². The van der Waals surface area contributed by atoms with Gasteiger partial charge in [-0.05, 0) is 24.6 Å². The van der Waals surface area contributed by atoms with E-state index in [1.54, 1.807) is 7.11 Å². The molecule has 1 aromatic rings. The number of benzene rings is 1. The molecule has 88 valence electrons. The summed E-state index contributed by atoms with van der Waals surface area (Å²) in [5, 5.41) is 13.1. The van der Waals surface area contributed by atoms with Gasteiger partial charge < -0.3 is 15.2 Å². The topological polar surface area (TPSA) is 41.5 Å². The largest absolute Gasteiger partial charge is 0.497 e. The summed E-state index contributed by atoms with van der Waals surface area (Å²) < 4.78 is 5.14. The molecule has 0 amide bonds. The lowest BCUT2D eigenvalue weighted by Crippen LogP contribution is -2.23. The van der Waals surface area contributed by atoms with E-state index in [1.165, 1.54) is 5.56 Å². The minimum atomic E-state index is -0.262. The van der Waals surface area contributed by atoms with Gasteiger partial charge in [0, 0.05) is 24.9 Å². The smallest absolute Gasteiger partial charge is 0.118 e. The maximum absolute atomic E-state index is 9.72. The van der Waals surface area contributed by atoms with Crippen LogP contribution in [0.3, 0.4) is 0 Å². The van der Waals surface area contributed by atoms with Crippen LogP contribution in [0, 0.1) is 5.92 Å². The van der Waals surface area contributed by atoms with Crippen LogP contribution in [0.25, 0.3) is 0 Å². The molecule has 3 nitrogen and oxygen atoms in total. The monoisotopic (exact) mass is 221 g/mol. The number of aliphatic hydroxyl groups is 1. The van der Waals surface area contributed by atoms with E-state index >= 15 is 0 Å². The van der Waals surface area contributed by atoms with Gasteiger partial charge in [-0.3, -0.25) is 0 Å². The van der Waals surface area contributed by atoms with Gasteiger partial charge in [0.1, 0.15) is 5.75 Å². The Balaban J connectivity index is 2.16. The first-order chi connectivity index (χ1) is 7.72. The maximum Gasteiger partial charge on any atom is 0.118 e. The fourth-order valence-electron chi connectivity index (χ4n) is 2.42. The minimum absolute atomic E-state index is 0.262. The molecule has 1 heterocycles. The zero-order valence-corrected chi connectivity index (χ0v) is 9.81. The Morgan fingerprint density at radius 3 is 2.56 bits per heavy atom. The number of hydrogen-bond acceptors (Lipinski definition) is 3. The summed E-state index contributed by atoms with van der Waals surface area (Å²) in [6, 6.07) is 8.14. The minimum Gasteiger partial charge on any atom is -0.497 e. The van der Waals surface area contributed by atoms with Gasteiger partial charge >= 0.3 is 0 Å². The van der Waals surface area contributed by atoms with Gasteiger partial charge in [0.25, 0.3) is 0 Å². The highest BCUT2D eigenvalue weighted by molar-refractivity contribution is 5.30. The Morgan fingerprint density at radius 2 is 2.00 bits per heavy atom. The van der Waals surface area contributed by atoms with E-state index in [1.807, 2.05) is 19.1 Å². The van der Waals surface area contributed by atoms with Gasteiger partial charge in [0.2, 0.25) is 0 Å². The van der Waals surface area contributed by atoms with Crippen LogP contribution in [0.4, 0.5) is 0 Å². The van der Waals surface area contributed by atoms with E-state index in [9.17, 15) is 5.11 Å². The van der Waals surface area contributed by atoms with Crippen LogP contribution in [0.1, 0.15) is 18.4 Å². The van der Waals surface area contributed by atoms with Crippen molar-refractivity contribution < 1.29 is 9.84 Å². The molecular weight excluding hydrogens is 202 g/mol. The Bertz CT molecular complexity index is 334. The number of nitrogens with one attached hydrogen (secondary N) is 1. The fraction of sp³-hybridized carbons (Fsp3) is 0.538. The van der Waals surface area contributed by atoms with E-state index in [4.69, 9.17) is 4.74 Å². The maximum atomic E-state index is 9.72. The van der Waals surface area contributed by atoms with Crippen molar-refractivity contribution in [2.75, 3.05) is 20.2 Å². The van der Waals surface area contributed by atoms with Crippen LogP contribution in [0.15, 0.2) is 24.3 Å². The van der Waals surface area contributed by atoms with Crippen molar-refractivity contribution in [1.82, 2.24) is 5.32 Å². The van der Waals surface area contributed by atoms with Gasteiger partial charge in [-0.15, -0.1) is 0 Å². The summed E-state index contributed by atoms with van der Waals surface area (Å²) in [7, 11) is 1.67. The van der Waals surface area contributed by atoms with E-state index in [2.05, 4.69) is 17.4 Å². The van der Waals surface area contributed by atoms with Crippen LogP contribution >= 0.6 is 0 Å². The third kappa shape index (κ3) is 2.20. The van der Waals surface area contributed by atoms with Crippen molar-refractivity contribution in [3.05, 3.63) is 29.8 Å². The summed E-state index contributed by atoms with van der Waals surface area (Å²) in [5.41, 5.74) is 1.27. The van der Waals surface area contributed by atoms with Gasteiger partial charge in [-0.1, -0.05) is 12.1 Å². The predicted molar refractivity (Wildman–Crippen MR) is 63.8 cm³/mol. The molecule has 1 aromatic carbocycles. The molecule has 3 unspecified atom stereocenters. The van der Waals surface area contributed by atoms with Crippen LogP contribution in [-0.2, 0) is 0 Å². The number of rotatable bonds is 3. The number of aliphatic hydroxyl groups excluding tert-OH is 1. The Morgan fingerprint density at radius 1 is 1.31 bits per heavy atom. The van der Waals surface area contributed by atoms with Crippen LogP contribution in [-0.4, -0.2) is 31.4 Å². The molecule has 3 atom stereocenters. The summed E-state index contributed by atoms with van der Waals surface area (Å²) in [6.07, 6.45) is -0.262. The van der Waals surface area contributed by atoms with Crippen LogP contribution in [0.5, 0.6) is 5.75 Å². The number of hydrogen-bond donors (Lipinski definition) is 2. The highest BCUT2D eigenvalue weighted by Gasteiger charge is 2.31. The summed E-state index contributed by atoms with van der Waals surface area (Å²) in [5.74, 6) is 1.60. The van der Waals surface area contributed by atoms with Gasteiger partial charge in [0.15, 0.2) is 0 Å². The Kier molecular flexibility index (Phi) is 3.46. The van der Waals surface area contributed by atoms with Crippen molar-refractivity contribution in [3.8, 4) is 5.75 Å². The van der Waals surface area contributed by atoms with Crippen molar-refractivity contribution in [1.29, 1.82) is 0 Å². The zero-order valence-electron chi connectivity index (χ0n) is 9.81. The lowest BCUT2D eigenvalue weighted by atomic mass is 9.86. The molecule has 0 saturated carbocycles. The molecule has 2 N–H and O–H groups in total. The SMILES string of the molecule is COc1ccc(C2CNCC2C(C)O)cc1. The lowest BCUT2D eigenvalue weighted by Gasteiger charge is -2.21. The van der Waals surface area contributed by atoms with Crippen LogP contribution in [0.2, 0.25) is 0 Å². The molecule has 0 aromatic heterocycles. The second kappa shape index (κ2) is 4.85. The molecule has 16 heavy (non-hydrogen) atoms. The predicted octanol–water partition coefficient (Wildman–Crippen LogP) is 1.38. The Labute approximate surface area is 96.4 Å². The molecule has 1 fully saturated rings. The lowest BCUT2D eigenvalue weighted by molar-refractivity contribution is 0.127. The fourth-order valence-corrected chi connectivity index (χ4v) is 2.42. The third-order valence-electron chi connectivity index (χ3n) is 3.42. The Hall–Kier alpha value is -1.06. The zero-order chi connectivity index (χ0) is 11.5. The number of ether oxygens (including phenoxy) is 1. The molecule has 1 aliphatic rings. The average molecular weight is 221 g/mol. The molecule has 1 saturated heterocycles. The van der Waals surface area contributed by atoms with Crippen molar-refractivity contribution in [3.63, 3.8) is 0 Å².